The van der Waals surface area contributed by atoms with Crippen molar-refractivity contribution in [2.24, 2.45) is 0 Å². The number of hydrogen-bond donors (Lipinski definition) is 1. The Kier molecular flexibility index (Phi) is 5.16. The third-order valence-electron chi connectivity index (χ3n) is 3.56. The zero-order valence-corrected chi connectivity index (χ0v) is 14.8. The Morgan fingerprint density at radius 1 is 1.16 bits per heavy atom. The van der Waals surface area contributed by atoms with Gasteiger partial charge in [0.25, 0.3) is 5.69 Å². The molecule has 0 spiro atoms. The van der Waals surface area contributed by atoms with Crippen molar-refractivity contribution in [1.29, 1.82) is 0 Å². The summed E-state index contributed by atoms with van der Waals surface area (Å²) < 4.78 is 3.27. The minimum Gasteiger partial charge on any atom is -0.324 e. The van der Waals surface area contributed by atoms with E-state index in [1.54, 1.807) is 12.1 Å². The first-order chi connectivity index (χ1) is 12.0. The lowest BCUT2D eigenvalue weighted by molar-refractivity contribution is -0.385. The largest absolute Gasteiger partial charge is 0.324 e. The van der Waals surface area contributed by atoms with Gasteiger partial charge in [0.2, 0.25) is 0 Å². The number of rotatable bonds is 6. The molecule has 1 N–H and O–H groups in total. The first kappa shape index (κ1) is 17.2. The SMILES string of the molecule is CN(C)Cc1ccc2cccc(NSc3cccc([N+](=O)[O-])c3)c2n1. The van der Waals surface area contributed by atoms with Crippen LogP contribution in [-0.4, -0.2) is 28.9 Å². The van der Waals surface area contributed by atoms with E-state index in [1.165, 1.54) is 18.0 Å². The number of nitrogens with one attached hydrogen (secondary N) is 1. The lowest BCUT2D eigenvalue weighted by Crippen LogP contribution is -2.11. The lowest BCUT2D eigenvalue weighted by atomic mass is 10.2. The van der Waals surface area contributed by atoms with Gasteiger partial charge in [-0.2, -0.15) is 0 Å². The minimum absolute atomic E-state index is 0.0797. The Balaban J connectivity index is 1.85. The number of fused-ring (bicyclic) bond motifs is 1. The number of hydrogen-bond acceptors (Lipinski definition) is 6. The van der Waals surface area contributed by atoms with Crippen molar-refractivity contribution in [3.63, 3.8) is 0 Å². The summed E-state index contributed by atoms with van der Waals surface area (Å²) in [5.74, 6) is 0. The molecule has 1 aromatic heterocycles. The fourth-order valence-corrected chi connectivity index (χ4v) is 3.18. The highest BCUT2D eigenvalue weighted by Crippen LogP contribution is 2.28. The molecule has 3 aromatic rings. The van der Waals surface area contributed by atoms with Gasteiger partial charge in [-0.1, -0.05) is 24.3 Å². The topological polar surface area (TPSA) is 71.3 Å². The Bertz CT molecular complexity index is 914. The van der Waals surface area contributed by atoms with Gasteiger partial charge in [0.05, 0.1) is 21.8 Å². The van der Waals surface area contributed by atoms with Crippen LogP contribution in [0.4, 0.5) is 11.4 Å². The smallest absolute Gasteiger partial charge is 0.270 e. The zero-order chi connectivity index (χ0) is 17.8. The number of aromatic nitrogens is 1. The number of para-hydroxylation sites is 1. The molecule has 0 aliphatic heterocycles. The van der Waals surface area contributed by atoms with Crippen molar-refractivity contribution in [2.75, 3.05) is 18.8 Å². The van der Waals surface area contributed by atoms with Gasteiger partial charge >= 0.3 is 0 Å². The molecule has 128 valence electrons. The monoisotopic (exact) mass is 354 g/mol. The van der Waals surface area contributed by atoms with Crippen LogP contribution in [0.15, 0.2) is 59.5 Å². The molecule has 0 saturated heterocycles. The number of nitrogens with zero attached hydrogens (tertiary/aromatic N) is 3. The van der Waals surface area contributed by atoms with Crippen LogP contribution in [0, 0.1) is 10.1 Å². The molecule has 0 radical (unpaired) electrons. The van der Waals surface area contributed by atoms with Crippen molar-refractivity contribution >= 4 is 34.2 Å². The molecule has 0 saturated carbocycles. The molecule has 0 bridgehead atoms. The molecule has 6 nitrogen and oxygen atoms in total. The van der Waals surface area contributed by atoms with Crippen LogP contribution < -0.4 is 4.72 Å². The van der Waals surface area contributed by atoms with E-state index in [2.05, 4.69) is 15.7 Å². The molecule has 0 atom stereocenters. The highest BCUT2D eigenvalue weighted by atomic mass is 32.2. The van der Waals surface area contributed by atoms with Crippen molar-refractivity contribution in [1.82, 2.24) is 9.88 Å². The molecule has 0 aliphatic rings. The van der Waals surface area contributed by atoms with E-state index in [0.717, 1.165) is 33.7 Å². The van der Waals surface area contributed by atoms with Gasteiger partial charge in [-0.25, -0.2) is 4.98 Å². The molecule has 0 fully saturated rings. The van der Waals surface area contributed by atoms with Crippen LogP contribution >= 0.6 is 11.9 Å². The molecule has 0 unspecified atom stereocenters. The van der Waals surface area contributed by atoms with E-state index in [1.807, 2.05) is 44.4 Å². The van der Waals surface area contributed by atoms with Crippen LogP contribution in [0.5, 0.6) is 0 Å². The molecule has 2 aromatic carbocycles. The van der Waals surface area contributed by atoms with Crippen molar-refractivity contribution in [2.45, 2.75) is 11.4 Å². The van der Waals surface area contributed by atoms with Crippen molar-refractivity contribution in [3.8, 4) is 0 Å². The second-order valence-electron chi connectivity index (χ2n) is 5.88. The van der Waals surface area contributed by atoms with Gasteiger partial charge in [0.15, 0.2) is 0 Å². The zero-order valence-electron chi connectivity index (χ0n) is 14.0. The van der Waals surface area contributed by atoms with E-state index in [0.29, 0.717) is 0 Å². The van der Waals surface area contributed by atoms with Crippen LogP contribution in [0.1, 0.15) is 5.69 Å². The van der Waals surface area contributed by atoms with Crippen LogP contribution in [0.3, 0.4) is 0 Å². The first-order valence-electron chi connectivity index (χ1n) is 7.73. The maximum absolute atomic E-state index is 10.9. The van der Waals surface area contributed by atoms with E-state index < -0.39 is 4.92 Å². The highest BCUT2D eigenvalue weighted by molar-refractivity contribution is 8.00. The number of non-ortho nitro benzene ring substituents is 1. The third kappa shape index (κ3) is 4.26. The number of anilines is 1. The quantitative estimate of drug-likeness (QED) is 0.404. The minimum atomic E-state index is -0.392. The van der Waals surface area contributed by atoms with E-state index in [-0.39, 0.29) is 5.69 Å². The number of nitro benzene ring substituents is 1. The summed E-state index contributed by atoms with van der Waals surface area (Å²) in [7, 11) is 4.02. The van der Waals surface area contributed by atoms with Crippen molar-refractivity contribution in [3.05, 3.63) is 70.4 Å². The van der Waals surface area contributed by atoms with Gasteiger partial charge in [-0.15, -0.1) is 0 Å². The molecule has 0 amide bonds. The summed E-state index contributed by atoms with van der Waals surface area (Å²) in [4.78, 5) is 18.1. The predicted molar refractivity (Wildman–Crippen MR) is 102 cm³/mol. The van der Waals surface area contributed by atoms with Crippen molar-refractivity contribution < 1.29 is 4.92 Å². The maximum Gasteiger partial charge on any atom is 0.270 e. The van der Waals surface area contributed by atoms with E-state index in [9.17, 15) is 10.1 Å². The molecule has 1 heterocycles. The van der Waals surface area contributed by atoms with Crippen LogP contribution in [0.2, 0.25) is 0 Å². The van der Waals surface area contributed by atoms with Crippen LogP contribution in [-0.2, 0) is 6.54 Å². The average Bonchev–Trinajstić information content (AvgIpc) is 2.59. The van der Waals surface area contributed by atoms with Gasteiger partial charge in [-0.3, -0.25) is 10.1 Å². The Morgan fingerprint density at radius 2 is 1.96 bits per heavy atom. The maximum atomic E-state index is 10.9. The normalized spacial score (nSPS) is 11.0. The fourth-order valence-electron chi connectivity index (χ4n) is 2.46. The summed E-state index contributed by atoms with van der Waals surface area (Å²) in [5.41, 5.74) is 2.85. The number of nitro groups is 1. The molecule has 0 aliphatic carbocycles. The van der Waals surface area contributed by atoms with E-state index >= 15 is 0 Å². The summed E-state index contributed by atoms with van der Waals surface area (Å²) in [6, 6.07) is 16.6. The Morgan fingerprint density at radius 3 is 2.72 bits per heavy atom. The molecular formula is C18H18N4O2S. The van der Waals surface area contributed by atoms with Gasteiger partial charge < -0.3 is 9.62 Å². The second-order valence-corrected chi connectivity index (χ2v) is 6.76. The molecule has 7 heteroatoms. The van der Waals surface area contributed by atoms with Gasteiger partial charge in [-0.05, 0) is 44.2 Å². The standard InChI is InChI=1S/C18H18N4O2S/c1-21(2)12-14-10-9-13-5-3-8-17(18(13)19-14)20-25-16-7-4-6-15(11-16)22(23)24/h3-11,20H,12H2,1-2H3. The summed E-state index contributed by atoms with van der Waals surface area (Å²) >= 11 is 1.33. The first-order valence-corrected chi connectivity index (χ1v) is 8.55. The van der Waals surface area contributed by atoms with Gasteiger partial charge in [0, 0.05) is 29.0 Å². The highest BCUT2D eigenvalue weighted by Gasteiger charge is 2.08. The Hall–Kier alpha value is -2.64. The number of benzene rings is 2. The number of pyridine rings is 1. The fraction of sp³-hybridized carbons (Fsp3) is 0.167. The third-order valence-corrected chi connectivity index (χ3v) is 4.38. The molecular weight excluding hydrogens is 336 g/mol. The summed E-state index contributed by atoms with van der Waals surface area (Å²) in [6.07, 6.45) is 0. The summed E-state index contributed by atoms with van der Waals surface area (Å²) in [5, 5.41) is 11.9. The van der Waals surface area contributed by atoms with Crippen LogP contribution in [0.25, 0.3) is 10.9 Å². The average molecular weight is 354 g/mol. The van der Waals surface area contributed by atoms with E-state index in [4.69, 9.17) is 4.98 Å². The summed E-state index contributed by atoms with van der Waals surface area (Å²) in [6.45, 7) is 0.766. The second kappa shape index (κ2) is 7.50. The van der Waals surface area contributed by atoms with Gasteiger partial charge in [0.1, 0.15) is 0 Å². The Labute approximate surface area is 150 Å². The lowest BCUT2D eigenvalue weighted by Gasteiger charge is -2.12. The molecule has 3 rings (SSSR count). The molecule has 25 heavy (non-hydrogen) atoms. The predicted octanol–water partition coefficient (Wildman–Crippen LogP) is 4.32.